The molecular formula is C16H16N4O3S2. The first kappa shape index (κ1) is 17.4. The second-order valence-electron chi connectivity index (χ2n) is 5.27. The van der Waals surface area contributed by atoms with Gasteiger partial charge in [0.15, 0.2) is 5.13 Å². The molecule has 0 fully saturated rings. The van der Waals surface area contributed by atoms with Crippen LogP contribution in [0.5, 0.6) is 0 Å². The maximum atomic E-state index is 12.8. The third kappa shape index (κ3) is 3.67. The largest absolute Gasteiger partial charge is 0.329 e. The minimum atomic E-state index is -0.905. The number of benzene rings is 1. The number of aromatic amines is 1. The van der Waals surface area contributed by atoms with Gasteiger partial charge in [-0.3, -0.25) is 9.59 Å². The summed E-state index contributed by atoms with van der Waals surface area (Å²) in [6.45, 7) is 0. The first-order valence-electron chi connectivity index (χ1n) is 7.54. The van der Waals surface area contributed by atoms with E-state index in [4.69, 9.17) is 0 Å². The van der Waals surface area contributed by atoms with Crippen molar-refractivity contribution in [2.75, 3.05) is 17.3 Å². The summed E-state index contributed by atoms with van der Waals surface area (Å²) >= 11 is 2.82. The van der Waals surface area contributed by atoms with E-state index in [0.29, 0.717) is 28.2 Å². The zero-order valence-corrected chi connectivity index (χ0v) is 15.0. The second-order valence-corrected chi connectivity index (χ2v) is 7.15. The Morgan fingerprint density at radius 1 is 1.40 bits per heavy atom. The molecule has 1 aromatic carbocycles. The number of rotatable bonds is 6. The molecule has 0 saturated heterocycles. The van der Waals surface area contributed by atoms with Crippen molar-refractivity contribution in [1.82, 2.24) is 14.5 Å². The van der Waals surface area contributed by atoms with Gasteiger partial charge in [0.2, 0.25) is 5.91 Å². The Balaban J connectivity index is 2.06. The molecule has 0 radical (unpaired) electrons. The van der Waals surface area contributed by atoms with Crippen LogP contribution in [0.4, 0.5) is 5.13 Å². The highest BCUT2D eigenvalue weighted by atomic mass is 32.2. The fourth-order valence-electron chi connectivity index (χ4n) is 2.54. The molecule has 2 heterocycles. The molecule has 3 rings (SSSR count). The lowest BCUT2D eigenvalue weighted by molar-refractivity contribution is -0.119. The van der Waals surface area contributed by atoms with Crippen molar-refractivity contribution >= 4 is 45.0 Å². The highest BCUT2D eigenvalue weighted by Crippen LogP contribution is 2.17. The molecule has 0 saturated carbocycles. The topological polar surface area (TPSA) is 96.8 Å². The Hall–Kier alpha value is -2.39. The van der Waals surface area contributed by atoms with Gasteiger partial charge in [0.05, 0.1) is 10.9 Å². The molecule has 0 aliphatic rings. The fraction of sp³-hybridized carbons (Fsp3) is 0.250. The average Bonchev–Trinajstić information content (AvgIpc) is 3.10. The molecule has 2 N–H and O–H groups in total. The summed E-state index contributed by atoms with van der Waals surface area (Å²) < 4.78 is 1.00. The van der Waals surface area contributed by atoms with Crippen LogP contribution in [0.25, 0.3) is 10.9 Å². The molecular weight excluding hydrogens is 360 g/mol. The van der Waals surface area contributed by atoms with E-state index in [1.165, 1.54) is 11.3 Å². The van der Waals surface area contributed by atoms with Crippen LogP contribution in [0, 0.1) is 0 Å². The van der Waals surface area contributed by atoms with Crippen LogP contribution >= 0.6 is 23.1 Å². The summed E-state index contributed by atoms with van der Waals surface area (Å²) in [4.78, 5) is 44.7. The lowest BCUT2D eigenvalue weighted by atomic mass is 10.2. The normalized spacial score (nSPS) is 12.2. The van der Waals surface area contributed by atoms with E-state index in [2.05, 4.69) is 15.3 Å². The number of carbonyl (C=O) groups excluding carboxylic acids is 1. The maximum absolute atomic E-state index is 12.8. The number of thioether (sulfide) groups is 1. The Morgan fingerprint density at radius 2 is 2.20 bits per heavy atom. The molecule has 3 aromatic rings. The quantitative estimate of drug-likeness (QED) is 0.686. The van der Waals surface area contributed by atoms with Gasteiger partial charge in [0.1, 0.15) is 6.04 Å². The van der Waals surface area contributed by atoms with E-state index >= 15 is 0 Å². The number of amides is 1. The molecule has 7 nitrogen and oxygen atoms in total. The average molecular weight is 376 g/mol. The zero-order chi connectivity index (χ0) is 17.8. The smallest absolute Gasteiger partial charge is 0.307 e. The minimum Gasteiger partial charge on any atom is -0.307 e. The highest BCUT2D eigenvalue weighted by molar-refractivity contribution is 7.98. The summed E-state index contributed by atoms with van der Waals surface area (Å²) in [5.74, 6) is 0.209. The van der Waals surface area contributed by atoms with Crippen molar-refractivity contribution in [3.05, 3.63) is 56.7 Å². The Labute approximate surface area is 151 Å². The number of H-pyrrole nitrogens is 1. The van der Waals surface area contributed by atoms with Gasteiger partial charge in [0, 0.05) is 11.6 Å². The number of hydrogen-bond acceptors (Lipinski definition) is 6. The molecule has 25 heavy (non-hydrogen) atoms. The van der Waals surface area contributed by atoms with Crippen molar-refractivity contribution in [2.45, 2.75) is 12.5 Å². The Morgan fingerprint density at radius 3 is 2.92 bits per heavy atom. The van der Waals surface area contributed by atoms with Crippen LogP contribution in [0.3, 0.4) is 0 Å². The maximum Gasteiger partial charge on any atom is 0.329 e. The number of anilines is 1. The predicted molar refractivity (Wildman–Crippen MR) is 102 cm³/mol. The van der Waals surface area contributed by atoms with E-state index in [-0.39, 0.29) is 0 Å². The summed E-state index contributed by atoms with van der Waals surface area (Å²) in [5, 5.41) is 5.22. The summed E-state index contributed by atoms with van der Waals surface area (Å²) in [6.07, 6.45) is 3.84. The summed E-state index contributed by atoms with van der Waals surface area (Å²) in [6, 6.07) is 5.85. The van der Waals surface area contributed by atoms with E-state index in [1.54, 1.807) is 47.6 Å². The van der Waals surface area contributed by atoms with Crippen LogP contribution in [0.1, 0.15) is 12.5 Å². The van der Waals surface area contributed by atoms with Crippen molar-refractivity contribution in [2.24, 2.45) is 0 Å². The number of nitrogens with one attached hydrogen (secondary N) is 2. The third-order valence-electron chi connectivity index (χ3n) is 3.71. The van der Waals surface area contributed by atoms with E-state index in [9.17, 15) is 14.4 Å². The molecule has 1 unspecified atom stereocenters. The van der Waals surface area contributed by atoms with Crippen LogP contribution in [0.2, 0.25) is 0 Å². The lowest BCUT2D eigenvalue weighted by Crippen LogP contribution is -2.42. The van der Waals surface area contributed by atoms with Gasteiger partial charge in [-0.1, -0.05) is 12.1 Å². The van der Waals surface area contributed by atoms with Crippen LogP contribution in [-0.2, 0) is 4.79 Å². The molecule has 1 atom stereocenters. The van der Waals surface area contributed by atoms with Crippen molar-refractivity contribution in [3.63, 3.8) is 0 Å². The number of carbonyl (C=O) groups is 1. The molecule has 0 spiro atoms. The first-order valence-corrected chi connectivity index (χ1v) is 9.82. The molecule has 1 amide bonds. The standard InChI is InChI=1S/C16H16N4O3S2/c1-24-8-6-12(13(21)19-15-17-7-9-25-15)20-14(22)10-4-2-3-5-11(10)18-16(20)23/h2-5,7,9,12H,6,8H2,1H3,(H,18,23)(H,17,19,21). The van der Waals surface area contributed by atoms with Gasteiger partial charge in [-0.2, -0.15) is 11.8 Å². The van der Waals surface area contributed by atoms with E-state index in [1.807, 2.05) is 6.26 Å². The van der Waals surface area contributed by atoms with Gasteiger partial charge in [-0.25, -0.2) is 14.3 Å². The van der Waals surface area contributed by atoms with Crippen LogP contribution < -0.4 is 16.6 Å². The summed E-state index contributed by atoms with van der Waals surface area (Å²) in [7, 11) is 0. The Kier molecular flexibility index (Phi) is 5.34. The molecule has 9 heteroatoms. The van der Waals surface area contributed by atoms with Crippen molar-refractivity contribution < 1.29 is 4.79 Å². The van der Waals surface area contributed by atoms with E-state index in [0.717, 1.165) is 4.57 Å². The predicted octanol–water partition coefficient (Wildman–Crippen LogP) is 2.08. The first-order chi connectivity index (χ1) is 12.1. The van der Waals surface area contributed by atoms with Crippen molar-refractivity contribution in [1.29, 1.82) is 0 Å². The molecule has 0 aliphatic heterocycles. The molecule has 0 bridgehead atoms. The van der Waals surface area contributed by atoms with Crippen LogP contribution in [0.15, 0.2) is 45.4 Å². The summed E-state index contributed by atoms with van der Waals surface area (Å²) in [5.41, 5.74) is -0.610. The number of thiazole rings is 1. The number of para-hydroxylation sites is 1. The minimum absolute atomic E-state index is 0.361. The SMILES string of the molecule is CSCCC(C(=O)Nc1nccs1)n1c(=O)[nH]c2ccccc2c1=O. The lowest BCUT2D eigenvalue weighted by Gasteiger charge is -2.18. The van der Waals surface area contributed by atoms with Crippen LogP contribution in [-0.4, -0.2) is 32.5 Å². The number of fused-ring (bicyclic) bond motifs is 1. The third-order valence-corrected chi connectivity index (χ3v) is 5.04. The monoisotopic (exact) mass is 376 g/mol. The number of nitrogens with zero attached hydrogens (tertiary/aromatic N) is 2. The molecule has 130 valence electrons. The number of aromatic nitrogens is 3. The van der Waals surface area contributed by atoms with Gasteiger partial charge in [0.25, 0.3) is 5.56 Å². The van der Waals surface area contributed by atoms with Gasteiger partial charge in [-0.15, -0.1) is 11.3 Å². The second kappa shape index (κ2) is 7.66. The highest BCUT2D eigenvalue weighted by Gasteiger charge is 2.25. The molecule has 2 aromatic heterocycles. The van der Waals surface area contributed by atoms with Crippen molar-refractivity contribution in [3.8, 4) is 0 Å². The Bertz CT molecular complexity index is 995. The van der Waals surface area contributed by atoms with Gasteiger partial charge < -0.3 is 10.3 Å². The molecule has 0 aliphatic carbocycles. The zero-order valence-electron chi connectivity index (χ0n) is 13.4. The van der Waals surface area contributed by atoms with Gasteiger partial charge in [-0.05, 0) is 30.6 Å². The van der Waals surface area contributed by atoms with E-state index < -0.39 is 23.2 Å². The number of hydrogen-bond donors (Lipinski definition) is 2. The van der Waals surface area contributed by atoms with Gasteiger partial charge >= 0.3 is 5.69 Å². The fourth-order valence-corrected chi connectivity index (χ4v) is 3.53.